The van der Waals surface area contributed by atoms with Gasteiger partial charge in [-0.3, -0.25) is 5.32 Å². The van der Waals surface area contributed by atoms with E-state index in [-0.39, 0.29) is 6.17 Å². The molecule has 2 aliphatic heterocycles. The van der Waals surface area contributed by atoms with E-state index in [0.29, 0.717) is 0 Å². The first-order chi connectivity index (χ1) is 11.3. The zero-order valence-corrected chi connectivity index (χ0v) is 13.8. The SMILES string of the molecule is Cn1c2c(c3cc(Cl)ccc31)-c1ccccc1N1CCCNC21. The smallest absolute Gasteiger partial charge is 0.122 e. The van der Waals surface area contributed by atoms with Crippen molar-refractivity contribution in [3.05, 3.63) is 53.2 Å². The Hall–Kier alpha value is -1.97. The lowest BCUT2D eigenvalue weighted by molar-refractivity contribution is 0.421. The van der Waals surface area contributed by atoms with Crippen LogP contribution in [0, 0.1) is 0 Å². The molecule has 3 aromatic rings. The third kappa shape index (κ3) is 1.75. The van der Waals surface area contributed by atoms with Crippen LogP contribution in [-0.4, -0.2) is 17.7 Å². The second-order valence-corrected chi connectivity index (χ2v) is 6.84. The molecule has 0 radical (unpaired) electrons. The molecule has 23 heavy (non-hydrogen) atoms. The van der Waals surface area contributed by atoms with Gasteiger partial charge in [-0.2, -0.15) is 0 Å². The molecule has 116 valence electrons. The normalized spacial score (nSPS) is 19.4. The average Bonchev–Trinajstić information content (AvgIpc) is 2.88. The van der Waals surface area contributed by atoms with Crippen LogP contribution in [0.4, 0.5) is 5.69 Å². The fraction of sp³-hybridized carbons (Fsp3) is 0.263. The van der Waals surface area contributed by atoms with Gasteiger partial charge in [0.05, 0.1) is 5.69 Å². The van der Waals surface area contributed by atoms with Gasteiger partial charge in [-0.1, -0.05) is 29.8 Å². The predicted molar refractivity (Wildman–Crippen MR) is 96.1 cm³/mol. The fourth-order valence-corrected chi connectivity index (χ4v) is 4.38. The van der Waals surface area contributed by atoms with E-state index in [1.54, 1.807) is 0 Å². The van der Waals surface area contributed by atoms with Crippen molar-refractivity contribution in [3.8, 4) is 11.1 Å². The van der Waals surface area contributed by atoms with Gasteiger partial charge in [0.1, 0.15) is 6.17 Å². The van der Waals surface area contributed by atoms with E-state index >= 15 is 0 Å². The number of hydrogen-bond donors (Lipinski definition) is 1. The Morgan fingerprint density at radius 3 is 2.96 bits per heavy atom. The van der Waals surface area contributed by atoms with Gasteiger partial charge in [0, 0.05) is 46.3 Å². The van der Waals surface area contributed by atoms with Crippen LogP contribution in [0.5, 0.6) is 0 Å². The maximum absolute atomic E-state index is 6.30. The first-order valence-corrected chi connectivity index (χ1v) is 8.51. The number of halogens is 1. The summed E-state index contributed by atoms with van der Waals surface area (Å²) >= 11 is 6.30. The predicted octanol–water partition coefficient (Wildman–Crippen LogP) is 4.31. The highest BCUT2D eigenvalue weighted by molar-refractivity contribution is 6.31. The van der Waals surface area contributed by atoms with Crippen LogP contribution in [0.15, 0.2) is 42.5 Å². The highest BCUT2D eigenvalue weighted by Gasteiger charge is 2.36. The number of fused-ring (bicyclic) bond motifs is 8. The lowest BCUT2D eigenvalue weighted by atomic mass is 9.93. The Morgan fingerprint density at radius 2 is 2.04 bits per heavy atom. The minimum Gasteiger partial charge on any atom is -0.350 e. The number of para-hydroxylation sites is 1. The maximum Gasteiger partial charge on any atom is 0.122 e. The summed E-state index contributed by atoms with van der Waals surface area (Å²) in [6, 6.07) is 14.9. The zero-order chi connectivity index (χ0) is 15.6. The van der Waals surface area contributed by atoms with Crippen molar-refractivity contribution in [1.29, 1.82) is 0 Å². The number of rotatable bonds is 0. The van der Waals surface area contributed by atoms with Crippen molar-refractivity contribution >= 4 is 28.2 Å². The van der Waals surface area contributed by atoms with Gasteiger partial charge in [-0.15, -0.1) is 0 Å². The van der Waals surface area contributed by atoms with Crippen LogP contribution < -0.4 is 10.2 Å². The zero-order valence-electron chi connectivity index (χ0n) is 13.0. The monoisotopic (exact) mass is 323 g/mol. The summed E-state index contributed by atoms with van der Waals surface area (Å²) in [7, 11) is 2.16. The molecule has 5 rings (SSSR count). The molecule has 1 aromatic heterocycles. The summed E-state index contributed by atoms with van der Waals surface area (Å²) in [5.74, 6) is 0. The van der Waals surface area contributed by atoms with E-state index in [2.05, 4.69) is 58.2 Å². The summed E-state index contributed by atoms with van der Waals surface area (Å²) in [6.45, 7) is 2.15. The Balaban J connectivity index is 1.92. The number of anilines is 1. The molecular weight excluding hydrogens is 306 g/mol. The third-order valence-electron chi connectivity index (χ3n) is 5.17. The highest BCUT2D eigenvalue weighted by atomic mass is 35.5. The number of aryl methyl sites for hydroxylation is 1. The Bertz CT molecular complexity index is 928. The lowest BCUT2D eigenvalue weighted by Gasteiger charge is -2.43. The maximum atomic E-state index is 6.30. The largest absolute Gasteiger partial charge is 0.350 e. The summed E-state index contributed by atoms with van der Waals surface area (Å²) in [5.41, 5.74) is 6.56. The number of aromatic nitrogens is 1. The van der Waals surface area contributed by atoms with Crippen molar-refractivity contribution < 1.29 is 0 Å². The average molecular weight is 324 g/mol. The van der Waals surface area contributed by atoms with E-state index in [1.165, 1.54) is 39.8 Å². The van der Waals surface area contributed by atoms with Crippen LogP contribution in [-0.2, 0) is 7.05 Å². The molecule has 1 saturated heterocycles. The molecule has 0 bridgehead atoms. The Kier molecular flexibility index (Phi) is 2.79. The van der Waals surface area contributed by atoms with E-state index in [4.69, 9.17) is 11.6 Å². The molecule has 0 saturated carbocycles. The molecule has 1 fully saturated rings. The van der Waals surface area contributed by atoms with Crippen LogP contribution in [0.25, 0.3) is 22.0 Å². The topological polar surface area (TPSA) is 20.2 Å². The number of nitrogens with one attached hydrogen (secondary N) is 1. The number of nitrogens with zero attached hydrogens (tertiary/aromatic N) is 2. The second-order valence-electron chi connectivity index (χ2n) is 6.40. The quantitative estimate of drug-likeness (QED) is 0.665. The van der Waals surface area contributed by atoms with Gasteiger partial charge in [0.2, 0.25) is 0 Å². The van der Waals surface area contributed by atoms with Gasteiger partial charge >= 0.3 is 0 Å². The Labute approximate surface area is 140 Å². The molecule has 1 N–H and O–H groups in total. The standard InChI is InChI=1S/C19H18ClN3/c1-22-15-8-7-12(20)11-14(15)17-13-5-2-3-6-16(13)23-10-4-9-21-19(23)18(17)22/h2-3,5-8,11,19,21H,4,9-10H2,1H3. The van der Waals surface area contributed by atoms with E-state index in [9.17, 15) is 0 Å². The van der Waals surface area contributed by atoms with E-state index in [1.807, 2.05) is 6.07 Å². The van der Waals surface area contributed by atoms with Gasteiger partial charge < -0.3 is 9.47 Å². The van der Waals surface area contributed by atoms with Gasteiger partial charge in [0.15, 0.2) is 0 Å². The molecule has 0 spiro atoms. The minimum atomic E-state index is 0.241. The van der Waals surface area contributed by atoms with Crippen LogP contribution >= 0.6 is 11.6 Å². The van der Waals surface area contributed by atoms with Gasteiger partial charge in [-0.05, 0) is 37.2 Å². The Morgan fingerprint density at radius 1 is 1.17 bits per heavy atom. The molecule has 1 atom stereocenters. The summed E-state index contributed by atoms with van der Waals surface area (Å²) < 4.78 is 2.33. The minimum absolute atomic E-state index is 0.241. The van der Waals surface area contributed by atoms with Crippen LogP contribution in [0.3, 0.4) is 0 Å². The lowest BCUT2D eigenvalue weighted by Crippen LogP contribution is -2.47. The number of hydrogen-bond acceptors (Lipinski definition) is 2. The van der Waals surface area contributed by atoms with Crippen molar-refractivity contribution in [3.63, 3.8) is 0 Å². The molecule has 3 nitrogen and oxygen atoms in total. The summed E-state index contributed by atoms with van der Waals surface area (Å²) in [5, 5.41) is 5.75. The first kappa shape index (κ1) is 13.5. The molecule has 2 aliphatic rings. The van der Waals surface area contributed by atoms with Gasteiger partial charge in [-0.25, -0.2) is 0 Å². The van der Waals surface area contributed by atoms with E-state index in [0.717, 1.165) is 18.1 Å². The van der Waals surface area contributed by atoms with E-state index < -0.39 is 0 Å². The van der Waals surface area contributed by atoms with Crippen molar-refractivity contribution in [2.24, 2.45) is 7.05 Å². The highest BCUT2D eigenvalue weighted by Crippen LogP contribution is 2.48. The fourth-order valence-electron chi connectivity index (χ4n) is 4.21. The van der Waals surface area contributed by atoms with Crippen LogP contribution in [0.2, 0.25) is 5.02 Å². The molecule has 1 unspecified atom stereocenters. The molecule has 0 aliphatic carbocycles. The molecular formula is C19H18ClN3. The van der Waals surface area contributed by atoms with Crippen LogP contribution in [0.1, 0.15) is 18.3 Å². The molecule has 0 amide bonds. The van der Waals surface area contributed by atoms with Gasteiger partial charge in [0.25, 0.3) is 0 Å². The van der Waals surface area contributed by atoms with Crippen molar-refractivity contribution in [2.45, 2.75) is 12.6 Å². The summed E-state index contributed by atoms with van der Waals surface area (Å²) in [6.07, 6.45) is 1.42. The second kappa shape index (κ2) is 4.76. The molecule has 3 heterocycles. The third-order valence-corrected chi connectivity index (χ3v) is 5.41. The molecule has 2 aromatic carbocycles. The molecule has 4 heteroatoms. The van der Waals surface area contributed by atoms with Crippen molar-refractivity contribution in [1.82, 2.24) is 9.88 Å². The summed E-state index contributed by atoms with van der Waals surface area (Å²) in [4.78, 5) is 2.50. The van der Waals surface area contributed by atoms with Crippen molar-refractivity contribution in [2.75, 3.05) is 18.0 Å². The first-order valence-electron chi connectivity index (χ1n) is 8.13. The number of benzene rings is 2.